The van der Waals surface area contributed by atoms with Crippen molar-refractivity contribution >= 4 is 33.8 Å². The Labute approximate surface area is 179 Å². The summed E-state index contributed by atoms with van der Waals surface area (Å²) in [7, 11) is 0. The van der Waals surface area contributed by atoms with E-state index in [2.05, 4.69) is 12.2 Å². The van der Waals surface area contributed by atoms with E-state index in [0.717, 1.165) is 29.7 Å². The minimum Gasteiger partial charge on any atom is -0.367 e. The number of nitrogens with zero attached hydrogens (tertiary/aromatic N) is 2. The maximum Gasteiger partial charge on any atom is 0.251 e. The number of hydrogen-bond donors (Lipinski definition) is 2. The van der Waals surface area contributed by atoms with E-state index in [-0.39, 0.29) is 18.3 Å². The van der Waals surface area contributed by atoms with Crippen molar-refractivity contribution in [2.24, 2.45) is 11.7 Å². The first-order valence-corrected chi connectivity index (χ1v) is 11.2. The maximum atomic E-state index is 14.0. The summed E-state index contributed by atoms with van der Waals surface area (Å²) in [6, 6.07) is 6.76. The molecule has 0 spiro atoms. The maximum absolute atomic E-state index is 14.0. The van der Waals surface area contributed by atoms with Crippen molar-refractivity contribution in [3.8, 4) is 0 Å². The third kappa shape index (κ3) is 4.34. The van der Waals surface area contributed by atoms with Crippen LogP contribution in [0.2, 0.25) is 0 Å². The lowest BCUT2D eigenvalue weighted by molar-refractivity contribution is -0.117. The Morgan fingerprint density at radius 2 is 1.97 bits per heavy atom. The van der Waals surface area contributed by atoms with Crippen molar-refractivity contribution < 1.29 is 14.0 Å². The fourth-order valence-electron chi connectivity index (χ4n) is 4.32. The van der Waals surface area contributed by atoms with Crippen molar-refractivity contribution in [3.63, 3.8) is 0 Å². The SMILES string of the molecule is C[C@@H]1CCc2c(sc(NC(=O)CN3CCN(c4ccccc4F)CC3)c2C(N)=O)C1. The Bertz CT molecular complexity index is 953. The van der Waals surface area contributed by atoms with Crippen molar-refractivity contribution in [1.82, 2.24) is 4.90 Å². The lowest BCUT2D eigenvalue weighted by atomic mass is 9.88. The summed E-state index contributed by atoms with van der Waals surface area (Å²) in [5.74, 6) is -0.274. The van der Waals surface area contributed by atoms with Crippen LogP contribution in [0.25, 0.3) is 0 Å². The number of anilines is 2. The fraction of sp³-hybridized carbons (Fsp3) is 0.455. The first kappa shape index (κ1) is 20.8. The van der Waals surface area contributed by atoms with E-state index in [9.17, 15) is 14.0 Å². The van der Waals surface area contributed by atoms with Crippen molar-refractivity contribution in [3.05, 3.63) is 46.1 Å². The minimum absolute atomic E-state index is 0.150. The summed E-state index contributed by atoms with van der Waals surface area (Å²) in [5.41, 5.74) is 7.73. The zero-order valence-electron chi connectivity index (χ0n) is 17.1. The predicted octanol–water partition coefficient (Wildman–Crippen LogP) is 2.87. The molecule has 1 atom stereocenters. The topological polar surface area (TPSA) is 78.7 Å². The van der Waals surface area contributed by atoms with Crippen LogP contribution in [-0.4, -0.2) is 49.4 Å². The molecule has 6 nitrogen and oxygen atoms in total. The van der Waals surface area contributed by atoms with Gasteiger partial charge in [-0.15, -0.1) is 11.3 Å². The third-order valence-electron chi connectivity index (χ3n) is 5.94. The highest BCUT2D eigenvalue weighted by Crippen LogP contribution is 2.39. The van der Waals surface area contributed by atoms with Gasteiger partial charge in [-0.1, -0.05) is 19.1 Å². The van der Waals surface area contributed by atoms with Gasteiger partial charge >= 0.3 is 0 Å². The molecule has 8 heteroatoms. The number of carbonyl (C=O) groups excluding carboxylic acids is 2. The van der Waals surface area contributed by atoms with E-state index < -0.39 is 5.91 Å². The highest BCUT2D eigenvalue weighted by molar-refractivity contribution is 7.17. The molecule has 2 heterocycles. The summed E-state index contributed by atoms with van der Waals surface area (Å²) < 4.78 is 14.0. The summed E-state index contributed by atoms with van der Waals surface area (Å²) in [6.45, 7) is 5.09. The molecule has 1 fully saturated rings. The van der Waals surface area contributed by atoms with Gasteiger partial charge in [-0.05, 0) is 42.9 Å². The molecule has 160 valence electrons. The molecular weight excluding hydrogens is 403 g/mol. The van der Waals surface area contributed by atoms with Gasteiger partial charge < -0.3 is 16.0 Å². The van der Waals surface area contributed by atoms with E-state index in [1.807, 2.05) is 15.9 Å². The molecule has 30 heavy (non-hydrogen) atoms. The van der Waals surface area contributed by atoms with Gasteiger partial charge in [-0.25, -0.2) is 4.39 Å². The molecule has 0 radical (unpaired) electrons. The van der Waals surface area contributed by atoms with E-state index >= 15 is 0 Å². The molecule has 2 aliphatic rings. The van der Waals surface area contributed by atoms with Crippen LogP contribution in [0.15, 0.2) is 24.3 Å². The van der Waals surface area contributed by atoms with Crippen LogP contribution in [0.3, 0.4) is 0 Å². The number of para-hydroxylation sites is 1. The van der Waals surface area contributed by atoms with Crippen molar-refractivity contribution in [2.45, 2.75) is 26.2 Å². The zero-order chi connectivity index (χ0) is 21.3. The number of rotatable bonds is 5. The molecule has 0 bridgehead atoms. The molecule has 1 saturated heterocycles. The molecule has 1 aromatic heterocycles. The van der Waals surface area contributed by atoms with Crippen LogP contribution >= 0.6 is 11.3 Å². The summed E-state index contributed by atoms with van der Waals surface area (Å²) >= 11 is 1.48. The highest BCUT2D eigenvalue weighted by Gasteiger charge is 2.28. The number of nitrogens with two attached hydrogens (primary N) is 1. The van der Waals surface area contributed by atoms with Gasteiger partial charge in [0.05, 0.1) is 17.8 Å². The van der Waals surface area contributed by atoms with Gasteiger partial charge in [-0.3, -0.25) is 14.5 Å². The van der Waals surface area contributed by atoms with E-state index in [1.54, 1.807) is 12.1 Å². The number of thiophene rings is 1. The average molecular weight is 431 g/mol. The Morgan fingerprint density at radius 1 is 1.23 bits per heavy atom. The van der Waals surface area contributed by atoms with Gasteiger partial charge in [0.2, 0.25) is 5.91 Å². The second kappa shape index (κ2) is 8.73. The lowest BCUT2D eigenvalue weighted by Crippen LogP contribution is -2.48. The zero-order valence-corrected chi connectivity index (χ0v) is 17.9. The molecule has 1 aliphatic carbocycles. The number of hydrogen-bond acceptors (Lipinski definition) is 5. The number of amides is 2. The molecule has 2 aromatic rings. The van der Waals surface area contributed by atoms with E-state index in [4.69, 9.17) is 5.73 Å². The Hall–Kier alpha value is -2.45. The quantitative estimate of drug-likeness (QED) is 0.765. The van der Waals surface area contributed by atoms with Gasteiger partial charge in [0, 0.05) is 31.1 Å². The Morgan fingerprint density at radius 3 is 2.67 bits per heavy atom. The first-order valence-electron chi connectivity index (χ1n) is 10.4. The normalized spacial score (nSPS) is 19.4. The van der Waals surface area contributed by atoms with Gasteiger partial charge in [0.1, 0.15) is 10.8 Å². The molecule has 1 aromatic carbocycles. The monoisotopic (exact) mass is 430 g/mol. The Balaban J connectivity index is 1.37. The molecule has 0 unspecified atom stereocenters. The number of carbonyl (C=O) groups is 2. The van der Waals surface area contributed by atoms with Crippen molar-refractivity contribution in [1.29, 1.82) is 0 Å². The van der Waals surface area contributed by atoms with Crippen LogP contribution in [0, 0.1) is 11.7 Å². The van der Waals surface area contributed by atoms with Crippen LogP contribution < -0.4 is 16.0 Å². The Kier molecular flexibility index (Phi) is 6.06. The number of nitrogens with one attached hydrogen (secondary N) is 1. The molecular formula is C22H27FN4O2S. The lowest BCUT2D eigenvalue weighted by Gasteiger charge is -2.35. The number of primary amides is 1. The van der Waals surface area contributed by atoms with E-state index in [0.29, 0.717) is 48.3 Å². The van der Waals surface area contributed by atoms with Crippen LogP contribution in [-0.2, 0) is 17.6 Å². The van der Waals surface area contributed by atoms with Gasteiger partial charge in [-0.2, -0.15) is 0 Å². The molecule has 3 N–H and O–H groups in total. The number of fused-ring (bicyclic) bond motifs is 1. The highest BCUT2D eigenvalue weighted by atomic mass is 32.1. The fourth-order valence-corrected chi connectivity index (χ4v) is 5.76. The molecule has 1 aliphatic heterocycles. The first-order chi connectivity index (χ1) is 14.4. The van der Waals surface area contributed by atoms with E-state index in [1.165, 1.54) is 17.4 Å². The van der Waals surface area contributed by atoms with Crippen LogP contribution in [0.4, 0.5) is 15.1 Å². The van der Waals surface area contributed by atoms with Gasteiger partial charge in [0.15, 0.2) is 0 Å². The number of halogens is 1. The third-order valence-corrected chi connectivity index (χ3v) is 7.11. The number of piperazine rings is 1. The molecule has 2 amide bonds. The van der Waals surface area contributed by atoms with Crippen LogP contribution in [0.1, 0.15) is 34.1 Å². The largest absolute Gasteiger partial charge is 0.367 e. The summed E-state index contributed by atoms with van der Waals surface area (Å²) in [6.07, 6.45) is 2.79. The van der Waals surface area contributed by atoms with Gasteiger partial charge in [0.25, 0.3) is 5.91 Å². The molecule has 0 saturated carbocycles. The smallest absolute Gasteiger partial charge is 0.251 e. The number of benzene rings is 1. The van der Waals surface area contributed by atoms with Crippen LogP contribution in [0.5, 0.6) is 0 Å². The predicted molar refractivity (Wildman–Crippen MR) is 118 cm³/mol. The standard InChI is InChI=1S/C22H27FN4O2S/c1-14-6-7-15-18(12-14)30-22(20(15)21(24)29)25-19(28)13-26-8-10-27(11-9-26)17-5-3-2-4-16(17)23/h2-5,14H,6-13H2,1H3,(H2,24,29)(H,25,28)/t14-/m1/s1. The second-order valence-corrected chi connectivity index (χ2v) is 9.29. The molecule has 4 rings (SSSR count). The second-order valence-electron chi connectivity index (χ2n) is 8.18. The minimum atomic E-state index is -0.476. The summed E-state index contributed by atoms with van der Waals surface area (Å²) in [4.78, 5) is 29.9. The summed E-state index contributed by atoms with van der Waals surface area (Å²) in [5, 5.41) is 3.51. The van der Waals surface area contributed by atoms with Crippen molar-refractivity contribution in [2.75, 3.05) is 42.9 Å². The average Bonchev–Trinajstić information content (AvgIpc) is 3.06.